The highest BCUT2D eigenvalue weighted by Crippen LogP contribution is 2.55. The maximum absolute atomic E-state index is 5.34. The summed E-state index contributed by atoms with van der Waals surface area (Å²) >= 11 is 1.83. The summed E-state index contributed by atoms with van der Waals surface area (Å²) in [5, 5.41) is 7.53. The van der Waals surface area contributed by atoms with Gasteiger partial charge in [0.1, 0.15) is 0 Å². The second kappa shape index (κ2) is 11.8. The number of rotatable bonds is 4. The van der Waals surface area contributed by atoms with E-state index in [1.54, 1.807) is 0 Å². The third-order valence-corrected chi connectivity index (χ3v) is 12.6. The van der Waals surface area contributed by atoms with Gasteiger partial charge in [-0.3, -0.25) is 0 Å². The van der Waals surface area contributed by atoms with Crippen molar-refractivity contribution >= 4 is 53.1 Å². The molecule has 2 nitrogen and oxygen atoms in total. The lowest BCUT2D eigenvalue weighted by Crippen LogP contribution is -2.15. The third-order valence-electron chi connectivity index (χ3n) is 11.5. The van der Waals surface area contributed by atoms with Gasteiger partial charge in [0.2, 0.25) is 0 Å². The van der Waals surface area contributed by atoms with Crippen molar-refractivity contribution in [3.05, 3.63) is 181 Å². The Morgan fingerprint density at radius 2 is 1.07 bits per heavy atom. The zero-order valence-electron chi connectivity index (χ0n) is 30.0. The van der Waals surface area contributed by atoms with E-state index in [0.29, 0.717) is 0 Å². The van der Waals surface area contributed by atoms with Gasteiger partial charge in [-0.1, -0.05) is 159 Å². The molecule has 254 valence electrons. The predicted octanol–water partition coefficient (Wildman–Crippen LogP) is 14.1. The molecule has 3 heteroatoms. The molecule has 54 heavy (non-hydrogen) atoms. The molecule has 2 heterocycles. The minimum atomic E-state index is -0.127. The molecule has 1 aliphatic rings. The molecule has 0 amide bonds. The summed E-state index contributed by atoms with van der Waals surface area (Å²) in [6, 6.07) is 61.6. The molecule has 0 saturated heterocycles. The van der Waals surface area contributed by atoms with Crippen LogP contribution < -0.4 is 0 Å². The number of benzene rings is 8. The molecule has 0 radical (unpaired) electrons. The molecule has 8 aromatic carbocycles. The molecule has 0 unspecified atom stereocenters. The average Bonchev–Trinajstić information content (AvgIpc) is 3.72. The Bertz CT molecular complexity index is 3130. The molecule has 0 aliphatic heterocycles. The van der Waals surface area contributed by atoms with Gasteiger partial charge in [-0.25, -0.2) is 9.97 Å². The molecule has 2 aromatic heterocycles. The van der Waals surface area contributed by atoms with E-state index in [1.807, 2.05) is 11.3 Å². The largest absolute Gasteiger partial charge is 0.228 e. The Morgan fingerprint density at radius 1 is 0.426 bits per heavy atom. The average molecular weight is 707 g/mol. The first-order chi connectivity index (χ1) is 26.5. The SMILES string of the molecule is CC1(C)c2cccc(-c3ccc(-c4nc(-c5ccccc5)cc(-c5ccc6c(c5)sc5ccccc56)n4)c4ccccc34)c2-c2ccc3ccccc3c21. The van der Waals surface area contributed by atoms with Crippen LogP contribution in [0.5, 0.6) is 0 Å². The van der Waals surface area contributed by atoms with Crippen molar-refractivity contribution < 1.29 is 0 Å². The fourth-order valence-electron chi connectivity index (χ4n) is 8.96. The highest BCUT2D eigenvalue weighted by atomic mass is 32.1. The zero-order chi connectivity index (χ0) is 36.0. The van der Waals surface area contributed by atoms with Gasteiger partial charge in [0.05, 0.1) is 11.4 Å². The van der Waals surface area contributed by atoms with E-state index in [4.69, 9.17) is 9.97 Å². The summed E-state index contributed by atoms with van der Waals surface area (Å²) in [4.78, 5) is 10.6. The number of aromatic nitrogens is 2. The van der Waals surface area contributed by atoms with Crippen LogP contribution in [0.4, 0.5) is 0 Å². The van der Waals surface area contributed by atoms with Gasteiger partial charge in [-0.05, 0) is 79.2 Å². The Hall–Kier alpha value is -6.42. The van der Waals surface area contributed by atoms with Gasteiger partial charge in [0.25, 0.3) is 0 Å². The quantitative estimate of drug-likeness (QED) is 0.182. The molecule has 11 rings (SSSR count). The lowest BCUT2D eigenvalue weighted by atomic mass is 9.80. The summed E-state index contributed by atoms with van der Waals surface area (Å²) in [6.45, 7) is 4.75. The molecule has 0 atom stereocenters. The van der Waals surface area contributed by atoms with E-state index < -0.39 is 0 Å². The fraction of sp³-hybridized carbons (Fsp3) is 0.0588. The van der Waals surface area contributed by atoms with Crippen LogP contribution in [0.3, 0.4) is 0 Å². The van der Waals surface area contributed by atoms with Gasteiger partial charge < -0.3 is 0 Å². The van der Waals surface area contributed by atoms with E-state index in [0.717, 1.165) is 39.3 Å². The van der Waals surface area contributed by atoms with Gasteiger partial charge >= 0.3 is 0 Å². The third kappa shape index (κ3) is 4.65. The van der Waals surface area contributed by atoms with Crippen molar-refractivity contribution in [2.75, 3.05) is 0 Å². The first-order valence-corrected chi connectivity index (χ1v) is 19.4. The van der Waals surface area contributed by atoms with Crippen molar-refractivity contribution in [1.29, 1.82) is 0 Å². The first-order valence-electron chi connectivity index (χ1n) is 18.6. The molecular weight excluding hydrogens is 673 g/mol. The maximum atomic E-state index is 5.34. The molecule has 0 N–H and O–H groups in total. The Labute approximate surface area is 318 Å². The van der Waals surface area contributed by atoms with Crippen molar-refractivity contribution in [2.24, 2.45) is 0 Å². The van der Waals surface area contributed by atoms with Crippen LogP contribution in [-0.4, -0.2) is 9.97 Å². The second-order valence-electron chi connectivity index (χ2n) is 14.9. The molecule has 0 saturated carbocycles. The molecule has 0 spiro atoms. The lowest BCUT2D eigenvalue weighted by Gasteiger charge is -2.23. The number of nitrogens with zero attached hydrogens (tertiary/aromatic N) is 2. The normalized spacial score (nSPS) is 13.1. The van der Waals surface area contributed by atoms with Crippen molar-refractivity contribution in [2.45, 2.75) is 19.3 Å². The molecule has 1 aliphatic carbocycles. The number of hydrogen-bond donors (Lipinski definition) is 0. The fourth-order valence-corrected chi connectivity index (χ4v) is 10.1. The minimum absolute atomic E-state index is 0.127. The second-order valence-corrected chi connectivity index (χ2v) is 16.0. The van der Waals surface area contributed by atoms with Crippen LogP contribution in [0.15, 0.2) is 170 Å². The van der Waals surface area contributed by atoms with Crippen molar-refractivity contribution in [3.63, 3.8) is 0 Å². The van der Waals surface area contributed by atoms with Gasteiger partial charge in [-0.2, -0.15) is 0 Å². The van der Waals surface area contributed by atoms with Gasteiger partial charge in [0.15, 0.2) is 5.82 Å². The van der Waals surface area contributed by atoms with Crippen molar-refractivity contribution in [3.8, 4) is 56.2 Å². The summed E-state index contributed by atoms with van der Waals surface area (Å²) in [5.74, 6) is 0.724. The monoisotopic (exact) mass is 706 g/mol. The number of thiophene rings is 1. The van der Waals surface area contributed by atoms with E-state index in [1.165, 1.54) is 69.7 Å². The smallest absolute Gasteiger partial charge is 0.161 e. The van der Waals surface area contributed by atoms with Crippen LogP contribution in [0, 0.1) is 0 Å². The van der Waals surface area contributed by atoms with Crippen LogP contribution in [0.2, 0.25) is 0 Å². The van der Waals surface area contributed by atoms with Crippen LogP contribution >= 0.6 is 11.3 Å². The highest BCUT2D eigenvalue weighted by Gasteiger charge is 2.38. The Balaban J connectivity index is 1.11. The van der Waals surface area contributed by atoms with E-state index in [-0.39, 0.29) is 5.41 Å². The Kier molecular flexibility index (Phi) is 6.80. The van der Waals surface area contributed by atoms with Gasteiger partial charge in [0, 0.05) is 42.3 Å². The van der Waals surface area contributed by atoms with Crippen molar-refractivity contribution in [1.82, 2.24) is 9.97 Å². The van der Waals surface area contributed by atoms with Gasteiger partial charge in [-0.15, -0.1) is 11.3 Å². The molecule has 0 bridgehead atoms. The van der Waals surface area contributed by atoms with Crippen LogP contribution in [0.25, 0.3) is 97.9 Å². The molecule has 10 aromatic rings. The first kappa shape index (κ1) is 31.1. The summed E-state index contributed by atoms with van der Waals surface area (Å²) in [7, 11) is 0. The standard InChI is InChI=1S/C51H34N2S/c1-51(2)43-21-12-20-40(48(43)42-26-23-31-13-6-7-16-34(31)49(42)51)37-27-28-41(36-18-9-8-17-35(36)37)50-52-44(32-14-4-3-5-15-32)30-45(53-50)33-24-25-39-38-19-10-11-22-46(38)54-47(39)29-33/h3-30H,1-2H3. The number of hydrogen-bond acceptors (Lipinski definition) is 3. The van der Waals surface area contributed by atoms with E-state index in [2.05, 4.69) is 184 Å². The predicted molar refractivity (Wildman–Crippen MR) is 229 cm³/mol. The minimum Gasteiger partial charge on any atom is -0.228 e. The maximum Gasteiger partial charge on any atom is 0.161 e. The lowest BCUT2D eigenvalue weighted by molar-refractivity contribution is 0.666. The van der Waals surface area contributed by atoms with E-state index in [9.17, 15) is 0 Å². The highest BCUT2D eigenvalue weighted by molar-refractivity contribution is 7.25. The van der Waals surface area contributed by atoms with Crippen LogP contribution in [0.1, 0.15) is 25.0 Å². The summed E-state index contributed by atoms with van der Waals surface area (Å²) in [6.07, 6.45) is 0. The summed E-state index contributed by atoms with van der Waals surface area (Å²) in [5.41, 5.74) is 12.8. The van der Waals surface area contributed by atoms with E-state index >= 15 is 0 Å². The Morgan fingerprint density at radius 3 is 1.91 bits per heavy atom. The topological polar surface area (TPSA) is 25.8 Å². The zero-order valence-corrected chi connectivity index (χ0v) is 30.8. The summed E-state index contributed by atoms with van der Waals surface area (Å²) < 4.78 is 2.56. The number of fused-ring (bicyclic) bond motifs is 9. The molecular formula is C51H34N2S. The molecule has 0 fully saturated rings. The van der Waals surface area contributed by atoms with Crippen LogP contribution in [-0.2, 0) is 5.41 Å².